The van der Waals surface area contributed by atoms with Crippen LogP contribution in [0.4, 0.5) is 0 Å². The lowest BCUT2D eigenvalue weighted by Crippen LogP contribution is -2.53. The van der Waals surface area contributed by atoms with Gasteiger partial charge in [-0.25, -0.2) is 0 Å². The number of carbonyl (C=O) groups is 1. The second kappa shape index (κ2) is 6.57. The monoisotopic (exact) mass is 264 g/mol. The molecule has 2 N–H and O–H groups in total. The Morgan fingerprint density at radius 2 is 2.00 bits per heavy atom. The highest BCUT2D eigenvalue weighted by atomic mass is 16.5. The van der Waals surface area contributed by atoms with E-state index < -0.39 is 5.54 Å². The molecule has 0 radical (unpaired) electrons. The number of benzene rings is 1. The Morgan fingerprint density at radius 3 is 2.53 bits per heavy atom. The summed E-state index contributed by atoms with van der Waals surface area (Å²) < 4.78 is 5.18. The summed E-state index contributed by atoms with van der Waals surface area (Å²) in [6, 6.07) is 7.71. The molecular weight excluding hydrogens is 240 g/mol. The molecule has 106 valence electrons. The van der Waals surface area contributed by atoms with Crippen LogP contribution in [0.2, 0.25) is 0 Å². The van der Waals surface area contributed by atoms with Crippen molar-refractivity contribution in [2.24, 2.45) is 5.73 Å². The molecule has 0 bridgehead atoms. The molecule has 4 heteroatoms. The van der Waals surface area contributed by atoms with Crippen LogP contribution in [0, 0.1) is 0 Å². The summed E-state index contributed by atoms with van der Waals surface area (Å²) in [7, 11) is 3.42. The van der Waals surface area contributed by atoms with Crippen molar-refractivity contribution in [3.63, 3.8) is 0 Å². The molecule has 0 saturated heterocycles. The molecular formula is C15H24N2O2. The van der Waals surface area contributed by atoms with Crippen molar-refractivity contribution in [2.45, 2.75) is 38.8 Å². The summed E-state index contributed by atoms with van der Waals surface area (Å²) in [5.41, 5.74) is 6.41. The maximum absolute atomic E-state index is 12.4. The number of rotatable bonds is 6. The fraction of sp³-hybridized carbons (Fsp3) is 0.533. The van der Waals surface area contributed by atoms with E-state index in [0.29, 0.717) is 19.4 Å². The molecule has 0 aliphatic rings. The van der Waals surface area contributed by atoms with Gasteiger partial charge in [-0.2, -0.15) is 0 Å². The number of amides is 1. The summed E-state index contributed by atoms with van der Waals surface area (Å²) >= 11 is 0. The number of ether oxygens (including phenoxy) is 1. The molecule has 0 aromatic heterocycles. The van der Waals surface area contributed by atoms with Gasteiger partial charge >= 0.3 is 0 Å². The van der Waals surface area contributed by atoms with Crippen LogP contribution in [0.25, 0.3) is 0 Å². The van der Waals surface area contributed by atoms with Gasteiger partial charge in [0.25, 0.3) is 0 Å². The zero-order valence-electron chi connectivity index (χ0n) is 12.3. The number of methoxy groups -OCH3 is 1. The highest BCUT2D eigenvalue weighted by Crippen LogP contribution is 2.18. The first-order valence-electron chi connectivity index (χ1n) is 6.64. The topological polar surface area (TPSA) is 55.6 Å². The van der Waals surface area contributed by atoms with Crippen LogP contribution in [0.15, 0.2) is 24.3 Å². The molecule has 1 aromatic carbocycles. The predicted octanol–water partition coefficient (Wildman–Crippen LogP) is 2.17. The van der Waals surface area contributed by atoms with Crippen molar-refractivity contribution in [2.75, 3.05) is 14.2 Å². The van der Waals surface area contributed by atoms with E-state index in [0.717, 1.165) is 11.3 Å². The van der Waals surface area contributed by atoms with Gasteiger partial charge < -0.3 is 15.4 Å². The Hall–Kier alpha value is -1.55. The molecule has 0 saturated carbocycles. The molecule has 0 heterocycles. The van der Waals surface area contributed by atoms with Crippen molar-refractivity contribution in [3.8, 4) is 5.75 Å². The summed E-state index contributed by atoms with van der Waals surface area (Å²) in [6.07, 6.45) is 1.29. The molecule has 0 aliphatic heterocycles. The molecule has 1 rings (SSSR count). The molecule has 1 amide bonds. The maximum atomic E-state index is 12.4. The third kappa shape index (κ3) is 3.70. The van der Waals surface area contributed by atoms with E-state index in [1.54, 1.807) is 19.1 Å². The molecule has 19 heavy (non-hydrogen) atoms. The maximum Gasteiger partial charge on any atom is 0.242 e. The summed E-state index contributed by atoms with van der Waals surface area (Å²) in [6.45, 7) is 4.43. The number of carbonyl (C=O) groups excluding carboxylic acids is 1. The SMILES string of the molecule is CCC(N)(CC)C(=O)N(C)Cc1cccc(OC)c1. The zero-order valence-corrected chi connectivity index (χ0v) is 12.3. The van der Waals surface area contributed by atoms with E-state index in [1.165, 1.54) is 0 Å². The first kappa shape index (κ1) is 15.5. The highest BCUT2D eigenvalue weighted by molar-refractivity contribution is 5.85. The lowest BCUT2D eigenvalue weighted by atomic mass is 9.92. The van der Waals surface area contributed by atoms with Gasteiger partial charge in [-0.05, 0) is 30.5 Å². The summed E-state index contributed by atoms with van der Waals surface area (Å²) in [5.74, 6) is 0.781. The van der Waals surface area contributed by atoms with Crippen molar-refractivity contribution < 1.29 is 9.53 Å². The minimum atomic E-state index is -0.756. The Kier molecular flexibility index (Phi) is 5.36. The fourth-order valence-electron chi connectivity index (χ4n) is 2.05. The second-order valence-electron chi connectivity index (χ2n) is 4.88. The number of nitrogens with two attached hydrogens (primary N) is 1. The quantitative estimate of drug-likeness (QED) is 0.856. The lowest BCUT2D eigenvalue weighted by Gasteiger charge is -2.30. The Balaban J connectivity index is 2.78. The molecule has 0 unspecified atom stereocenters. The van der Waals surface area contributed by atoms with Gasteiger partial charge in [-0.15, -0.1) is 0 Å². The van der Waals surface area contributed by atoms with Crippen molar-refractivity contribution in [3.05, 3.63) is 29.8 Å². The van der Waals surface area contributed by atoms with E-state index in [9.17, 15) is 4.79 Å². The van der Waals surface area contributed by atoms with Crippen LogP contribution < -0.4 is 10.5 Å². The summed E-state index contributed by atoms with van der Waals surface area (Å²) in [4.78, 5) is 14.0. The number of hydrogen-bond acceptors (Lipinski definition) is 3. The molecule has 4 nitrogen and oxygen atoms in total. The number of hydrogen-bond donors (Lipinski definition) is 1. The van der Waals surface area contributed by atoms with E-state index in [-0.39, 0.29) is 5.91 Å². The first-order valence-corrected chi connectivity index (χ1v) is 6.64. The third-order valence-electron chi connectivity index (χ3n) is 3.59. The van der Waals surface area contributed by atoms with Gasteiger partial charge in [0.1, 0.15) is 5.75 Å². The Labute approximate surface area is 115 Å². The van der Waals surface area contributed by atoms with Gasteiger partial charge in [0.2, 0.25) is 5.91 Å². The van der Waals surface area contributed by atoms with Crippen LogP contribution in [0.3, 0.4) is 0 Å². The third-order valence-corrected chi connectivity index (χ3v) is 3.59. The van der Waals surface area contributed by atoms with Crippen LogP contribution in [0.1, 0.15) is 32.3 Å². The lowest BCUT2D eigenvalue weighted by molar-refractivity contribution is -0.136. The van der Waals surface area contributed by atoms with Crippen molar-refractivity contribution in [1.29, 1.82) is 0 Å². The standard InChI is InChI=1S/C15H24N2O2/c1-5-15(16,6-2)14(18)17(3)11-12-8-7-9-13(10-12)19-4/h7-10H,5-6,11,16H2,1-4H3. The van der Waals surface area contributed by atoms with E-state index in [4.69, 9.17) is 10.5 Å². The smallest absolute Gasteiger partial charge is 0.242 e. The average Bonchev–Trinajstić information content (AvgIpc) is 2.45. The highest BCUT2D eigenvalue weighted by Gasteiger charge is 2.32. The minimum Gasteiger partial charge on any atom is -0.497 e. The minimum absolute atomic E-state index is 0.0136. The van der Waals surface area contributed by atoms with Crippen molar-refractivity contribution in [1.82, 2.24) is 4.90 Å². The fourth-order valence-corrected chi connectivity index (χ4v) is 2.05. The van der Waals surface area contributed by atoms with Gasteiger partial charge in [-0.1, -0.05) is 26.0 Å². The molecule has 1 aromatic rings. The molecule has 0 spiro atoms. The van der Waals surface area contributed by atoms with E-state index in [2.05, 4.69) is 0 Å². The largest absolute Gasteiger partial charge is 0.497 e. The van der Waals surface area contributed by atoms with Crippen LogP contribution >= 0.6 is 0 Å². The van der Waals surface area contributed by atoms with Gasteiger partial charge in [0, 0.05) is 13.6 Å². The average molecular weight is 264 g/mol. The van der Waals surface area contributed by atoms with Crippen LogP contribution in [-0.4, -0.2) is 30.5 Å². The molecule has 0 fully saturated rings. The second-order valence-corrected chi connectivity index (χ2v) is 4.88. The summed E-state index contributed by atoms with van der Waals surface area (Å²) in [5, 5.41) is 0. The van der Waals surface area contributed by atoms with Gasteiger partial charge in [0.15, 0.2) is 0 Å². The predicted molar refractivity (Wildman–Crippen MR) is 77.0 cm³/mol. The zero-order chi connectivity index (χ0) is 14.5. The normalized spacial score (nSPS) is 11.2. The first-order chi connectivity index (χ1) is 8.96. The van der Waals surface area contributed by atoms with Crippen LogP contribution in [0.5, 0.6) is 5.75 Å². The number of likely N-dealkylation sites (N-methyl/N-ethyl adjacent to an activating group) is 1. The van der Waals surface area contributed by atoms with E-state index >= 15 is 0 Å². The van der Waals surface area contributed by atoms with Crippen LogP contribution in [-0.2, 0) is 11.3 Å². The number of nitrogens with zero attached hydrogens (tertiary/aromatic N) is 1. The van der Waals surface area contributed by atoms with Gasteiger partial charge in [-0.3, -0.25) is 4.79 Å². The molecule has 0 atom stereocenters. The molecule has 0 aliphatic carbocycles. The Bertz CT molecular complexity index is 428. The Morgan fingerprint density at radius 1 is 1.37 bits per heavy atom. The van der Waals surface area contributed by atoms with Crippen molar-refractivity contribution >= 4 is 5.91 Å². The van der Waals surface area contributed by atoms with Gasteiger partial charge in [0.05, 0.1) is 12.6 Å². The van der Waals surface area contributed by atoms with E-state index in [1.807, 2.05) is 38.1 Å².